The van der Waals surface area contributed by atoms with E-state index in [4.69, 9.17) is 4.74 Å². The van der Waals surface area contributed by atoms with Crippen molar-refractivity contribution >= 4 is 17.4 Å². The number of rotatable bonds is 7. The summed E-state index contributed by atoms with van der Waals surface area (Å²) in [6.45, 7) is 10.0. The van der Waals surface area contributed by atoms with Crippen LogP contribution in [0.4, 0.5) is 10.1 Å². The monoisotopic (exact) mass is 493 g/mol. The largest absolute Gasteiger partial charge is 0.492 e. The Labute approximate surface area is 213 Å². The van der Waals surface area contributed by atoms with E-state index < -0.39 is 5.41 Å². The summed E-state index contributed by atoms with van der Waals surface area (Å²) in [6, 6.07) is 10.6. The van der Waals surface area contributed by atoms with Crippen molar-refractivity contribution in [1.29, 1.82) is 5.26 Å². The molecule has 192 valence electrons. The fourth-order valence-corrected chi connectivity index (χ4v) is 4.67. The number of carbonyl (C=O) groups is 2. The molecule has 0 bridgehead atoms. The van der Waals surface area contributed by atoms with Gasteiger partial charge in [-0.3, -0.25) is 14.5 Å². The minimum atomic E-state index is -0.582. The SMILES string of the molecule is CC(=O)Cc1cc(OCCN2CCC3(CC2)C(=O)Nc2ccc(C#N)cc23)cc(F)c1C.CCCC. The van der Waals surface area contributed by atoms with E-state index >= 15 is 0 Å². The third-order valence-electron chi connectivity index (χ3n) is 7.10. The second-order valence-electron chi connectivity index (χ2n) is 9.67. The molecule has 1 saturated heterocycles. The molecule has 1 amide bonds. The third kappa shape index (κ3) is 6.11. The van der Waals surface area contributed by atoms with E-state index in [1.165, 1.54) is 25.8 Å². The first kappa shape index (κ1) is 27.3. The summed E-state index contributed by atoms with van der Waals surface area (Å²) >= 11 is 0. The minimum Gasteiger partial charge on any atom is -0.492 e. The molecule has 36 heavy (non-hydrogen) atoms. The topological polar surface area (TPSA) is 82.4 Å². The van der Waals surface area contributed by atoms with Crippen LogP contribution < -0.4 is 10.1 Å². The first-order valence-corrected chi connectivity index (χ1v) is 12.7. The Bertz CT molecular complexity index is 1150. The van der Waals surface area contributed by atoms with Gasteiger partial charge in [0.25, 0.3) is 0 Å². The second-order valence-corrected chi connectivity index (χ2v) is 9.67. The fourth-order valence-electron chi connectivity index (χ4n) is 4.67. The van der Waals surface area contributed by atoms with Crippen molar-refractivity contribution < 1.29 is 18.7 Å². The van der Waals surface area contributed by atoms with Gasteiger partial charge in [-0.15, -0.1) is 0 Å². The predicted molar refractivity (Wildman–Crippen MR) is 139 cm³/mol. The maximum absolute atomic E-state index is 14.2. The number of nitriles is 1. The number of hydrogen-bond acceptors (Lipinski definition) is 5. The number of halogens is 1. The average Bonchev–Trinajstić information content (AvgIpc) is 3.13. The molecule has 2 aliphatic heterocycles. The van der Waals surface area contributed by atoms with E-state index in [1.54, 1.807) is 19.1 Å². The lowest BCUT2D eigenvalue weighted by Gasteiger charge is -2.38. The molecule has 1 N–H and O–H groups in total. The molecule has 0 saturated carbocycles. The second kappa shape index (κ2) is 12.1. The molecule has 4 rings (SSSR count). The van der Waals surface area contributed by atoms with E-state index in [0.717, 1.165) is 24.3 Å². The number of fused-ring (bicyclic) bond motifs is 2. The molecule has 2 aliphatic rings. The van der Waals surface area contributed by atoms with Crippen LogP contribution in [0.2, 0.25) is 0 Å². The molecule has 2 aromatic rings. The Balaban J connectivity index is 0.000000840. The normalized spacial score (nSPS) is 15.9. The molecule has 0 atom stereocenters. The van der Waals surface area contributed by atoms with Crippen molar-refractivity contribution in [2.75, 3.05) is 31.6 Å². The summed E-state index contributed by atoms with van der Waals surface area (Å²) in [5.74, 6) is 0.0326. The van der Waals surface area contributed by atoms with Gasteiger partial charge in [0.05, 0.1) is 17.0 Å². The lowest BCUT2D eigenvalue weighted by atomic mass is 9.73. The molecule has 0 aliphatic carbocycles. The van der Waals surface area contributed by atoms with Gasteiger partial charge in [-0.1, -0.05) is 26.7 Å². The number of amides is 1. The minimum absolute atomic E-state index is 0.00613. The van der Waals surface area contributed by atoms with E-state index in [1.807, 2.05) is 12.1 Å². The lowest BCUT2D eigenvalue weighted by molar-refractivity contribution is -0.122. The molecule has 2 heterocycles. The predicted octanol–water partition coefficient (Wildman–Crippen LogP) is 5.31. The van der Waals surface area contributed by atoms with Gasteiger partial charge in [-0.2, -0.15) is 5.26 Å². The van der Waals surface area contributed by atoms with Gasteiger partial charge in [0.15, 0.2) is 0 Å². The van der Waals surface area contributed by atoms with Gasteiger partial charge >= 0.3 is 0 Å². The van der Waals surface area contributed by atoms with Crippen molar-refractivity contribution in [3.63, 3.8) is 0 Å². The number of nitrogens with one attached hydrogen (secondary N) is 1. The summed E-state index contributed by atoms with van der Waals surface area (Å²) in [6.07, 6.45) is 4.16. The quantitative estimate of drug-likeness (QED) is 0.565. The number of unbranched alkanes of at least 4 members (excludes halogenated alkanes) is 1. The smallest absolute Gasteiger partial charge is 0.235 e. The summed E-state index contributed by atoms with van der Waals surface area (Å²) in [4.78, 5) is 26.4. The van der Waals surface area contributed by atoms with Crippen LogP contribution in [0.1, 0.15) is 68.7 Å². The zero-order chi connectivity index (χ0) is 26.3. The standard InChI is InChI=1S/C25H26FN3O3.C4H10/c1-16(30)11-19-13-20(14-22(26)17(19)2)32-10-9-29-7-5-25(6-8-29)21-12-18(15-27)3-4-23(21)28-24(25)31;1-3-4-2/h3-4,12-14H,5-11H2,1-2H3,(H,28,31);3-4H2,1-2H3. The molecule has 0 unspecified atom stereocenters. The van der Waals surface area contributed by atoms with Crippen molar-refractivity contribution in [2.24, 2.45) is 0 Å². The highest BCUT2D eigenvalue weighted by Gasteiger charge is 2.48. The van der Waals surface area contributed by atoms with Gasteiger partial charge in [0.1, 0.15) is 24.0 Å². The molecule has 2 aromatic carbocycles. The van der Waals surface area contributed by atoms with Crippen LogP contribution in [0.3, 0.4) is 0 Å². The Hall–Kier alpha value is -3.24. The molecule has 0 aromatic heterocycles. The van der Waals surface area contributed by atoms with Gasteiger partial charge in [0.2, 0.25) is 5.91 Å². The van der Waals surface area contributed by atoms with Crippen LogP contribution in [0.15, 0.2) is 30.3 Å². The van der Waals surface area contributed by atoms with Crippen LogP contribution in [-0.4, -0.2) is 42.8 Å². The van der Waals surface area contributed by atoms with Crippen molar-refractivity contribution in [3.05, 3.63) is 58.4 Å². The Morgan fingerprint density at radius 2 is 1.89 bits per heavy atom. The number of piperidine rings is 1. The Morgan fingerprint density at radius 1 is 1.19 bits per heavy atom. The van der Waals surface area contributed by atoms with E-state index in [-0.39, 0.29) is 23.9 Å². The molecule has 1 spiro atoms. The van der Waals surface area contributed by atoms with Crippen LogP contribution in [0, 0.1) is 24.1 Å². The number of likely N-dealkylation sites (tertiary alicyclic amines) is 1. The van der Waals surface area contributed by atoms with Crippen molar-refractivity contribution in [1.82, 2.24) is 4.90 Å². The number of Topliss-reactive ketones (excluding diaryl/α,β-unsaturated/α-hetero) is 1. The van der Waals surface area contributed by atoms with Gasteiger partial charge in [-0.25, -0.2) is 4.39 Å². The molecule has 6 nitrogen and oxygen atoms in total. The molecular weight excluding hydrogens is 457 g/mol. The zero-order valence-electron chi connectivity index (χ0n) is 21.7. The first-order valence-electron chi connectivity index (χ1n) is 12.7. The van der Waals surface area contributed by atoms with Gasteiger partial charge < -0.3 is 10.1 Å². The highest BCUT2D eigenvalue weighted by Crippen LogP contribution is 2.45. The number of hydrogen-bond donors (Lipinski definition) is 1. The number of anilines is 1. The van der Waals surface area contributed by atoms with Crippen LogP contribution >= 0.6 is 0 Å². The maximum Gasteiger partial charge on any atom is 0.235 e. The Morgan fingerprint density at radius 3 is 2.50 bits per heavy atom. The Kier molecular flexibility index (Phi) is 9.22. The molecule has 1 fully saturated rings. The van der Waals surface area contributed by atoms with Crippen LogP contribution in [0.5, 0.6) is 5.75 Å². The first-order chi connectivity index (χ1) is 17.2. The summed E-state index contributed by atoms with van der Waals surface area (Å²) in [5.41, 5.74) is 2.82. The van der Waals surface area contributed by atoms with Gasteiger partial charge in [-0.05, 0) is 80.7 Å². The summed E-state index contributed by atoms with van der Waals surface area (Å²) < 4.78 is 20.0. The number of nitrogens with zero attached hydrogens (tertiary/aromatic N) is 2. The zero-order valence-corrected chi connectivity index (χ0v) is 21.7. The average molecular weight is 494 g/mol. The number of carbonyl (C=O) groups excluding carboxylic acids is 2. The van der Waals surface area contributed by atoms with Gasteiger partial charge in [0, 0.05) is 24.7 Å². The summed E-state index contributed by atoms with van der Waals surface area (Å²) in [7, 11) is 0. The number of ether oxygens (including phenoxy) is 1. The van der Waals surface area contributed by atoms with E-state index in [9.17, 15) is 19.2 Å². The number of ketones is 1. The number of benzene rings is 2. The lowest BCUT2D eigenvalue weighted by Crippen LogP contribution is -2.47. The maximum atomic E-state index is 14.2. The highest BCUT2D eigenvalue weighted by atomic mass is 19.1. The third-order valence-corrected chi connectivity index (χ3v) is 7.10. The highest BCUT2D eigenvalue weighted by molar-refractivity contribution is 6.06. The fraction of sp³-hybridized carbons (Fsp3) is 0.483. The molecule has 7 heteroatoms. The van der Waals surface area contributed by atoms with E-state index in [2.05, 4.69) is 30.1 Å². The van der Waals surface area contributed by atoms with E-state index in [0.29, 0.717) is 48.4 Å². The van der Waals surface area contributed by atoms with Crippen molar-refractivity contribution in [3.8, 4) is 11.8 Å². The summed E-state index contributed by atoms with van der Waals surface area (Å²) in [5, 5.41) is 12.2. The molecular formula is C29H36FN3O3. The van der Waals surface area contributed by atoms with Crippen LogP contribution in [0.25, 0.3) is 0 Å². The van der Waals surface area contributed by atoms with Crippen molar-refractivity contribution in [2.45, 2.75) is 65.2 Å². The molecule has 0 radical (unpaired) electrons. The van der Waals surface area contributed by atoms with Crippen LogP contribution in [-0.2, 0) is 21.4 Å².